The van der Waals surface area contributed by atoms with E-state index in [1.807, 2.05) is 29.2 Å². The highest BCUT2D eigenvalue weighted by atomic mass is 32.1. The van der Waals surface area contributed by atoms with Gasteiger partial charge >= 0.3 is 0 Å². The Morgan fingerprint density at radius 3 is 3.04 bits per heavy atom. The summed E-state index contributed by atoms with van der Waals surface area (Å²) in [6, 6.07) is 7.68. The average Bonchev–Trinajstić information content (AvgIpc) is 3.29. The fraction of sp³-hybridized carbons (Fsp3) is 0.444. The van der Waals surface area contributed by atoms with E-state index in [0.717, 1.165) is 47.8 Å². The van der Waals surface area contributed by atoms with Gasteiger partial charge in [-0.3, -0.25) is 4.79 Å². The first-order chi connectivity index (χ1) is 11.8. The third-order valence-corrected chi connectivity index (χ3v) is 5.61. The number of rotatable bonds is 4. The number of hydrogen-bond acceptors (Lipinski definition) is 5. The standard InChI is InChI=1S/C18H21N3O2S/c1-2-16-19-15(11-24-16)17-20-14-8-4-3-7-13(14)18(22)21(17)10-12-6-5-9-23-12/h3-4,7-8,11-12,17,20H,2,5-6,9-10H2,1H3. The topological polar surface area (TPSA) is 54.5 Å². The maximum atomic E-state index is 13.1. The summed E-state index contributed by atoms with van der Waals surface area (Å²) in [4.78, 5) is 19.7. The second kappa shape index (κ2) is 6.53. The maximum Gasteiger partial charge on any atom is 0.257 e. The Hall–Kier alpha value is -1.92. The van der Waals surface area contributed by atoms with Crippen molar-refractivity contribution in [3.05, 3.63) is 45.9 Å². The molecule has 2 atom stereocenters. The van der Waals surface area contributed by atoms with E-state index in [2.05, 4.69) is 17.6 Å². The Morgan fingerprint density at radius 1 is 1.42 bits per heavy atom. The number of amides is 1. The van der Waals surface area contributed by atoms with Gasteiger partial charge in [0.25, 0.3) is 5.91 Å². The van der Waals surface area contributed by atoms with Crippen LogP contribution in [0.1, 0.15) is 47.0 Å². The molecular formula is C18H21N3O2S. The number of thiazole rings is 1. The smallest absolute Gasteiger partial charge is 0.257 e. The van der Waals surface area contributed by atoms with Crippen LogP contribution in [0.5, 0.6) is 0 Å². The number of benzene rings is 1. The molecular weight excluding hydrogens is 322 g/mol. The summed E-state index contributed by atoms with van der Waals surface area (Å²) in [6.07, 6.45) is 2.88. The molecule has 1 N–H and O–H groups in total. The van der Waals surface area contributed by atoms with E-state index in [4.69, 9.17) is 9.72 Å². The van der Waals surface area contributed by atoms with Crippen LogP contribution >= 0.6 is 11.3 Å². The fourth-order valence-electron chi connectivity index (χ4n) is 3.34. The molecule has 6 heteroatoms. The van der Waals surface area contributed by atoms with Gasteiger partial charge in [0.05, 0.1) is 22.4 Å². The lowest BCUT2D eigenvalue weighted by Crippen LogP contribution is -2.46. The van der Waals surface area contributed by atoms with Crippen LogP contribution in [0.3, 0.4) is 0 Å². The summed E-state index contributed by atoms with van der Waals surface area (Å²) in [5, 5.41) is 6.65. The maximum absolute atomic E-state index is 13.1. The van der Waals surface area contributed by atoms with E-state index in [1.54, 1.807) is 11.3 Å². The van der Waals surface area contributed by atoms with E-state index in [-0.39, 0.29) is 18.2 Å². The van der Waals surface area contributed by atoms with Gasteiger partial charge in [0.15, 0.2) is 0 Å². The predicted octanol–water partition coefficient (Wildman–Crippen LogP) is 3.45. The number of ether oxygens (including phenoxy) is 1. The summed E-state index contributed by atoms with van der Waals surface area (Å²) in [5.41, 5.74) is 2.51. The van der Waals surface area contributed by atoms with Gasteiger partial charge in [-0.05, 0) is 31.4 Å². The number of carbonyl (C=O) groups excluding carboxylic acids is 1. The van der Waals surface area contributed by atoms with Crippen molar-refractivity contribution in [2.75, 3.05) is 18.5 Å². The lowest BCUT2D eigenvalue weighted by Gasteiger charge is -2.38. The molecule has 2 unspecified atom stereocenters. The van der Waals surface area contributed by atoms with Crippen LogP contribution in [0.15, 0.2) is 29.6 Å². The van der Waals surface area contributed by atoms with E-state index in [1.165, 1.54) is 0 Å². The first-order valence-electron chi connectivity index (χ1n) is 8.48. The molecule has 5 nitrogen and oxygen atoms in total. The molecule has 1 aromatic carbocycles. The second-order valence-corrected chi connectivity index (χ2v) is 7.15. The molecule has 4 rings (SSSR count). The van der Waals surface area contributed by atoms with Gasteiger partial charge in [-0.2, -0.15) is 0 Å². The van der Waals surface area contributed by atoms with Gasteiger partial charge in [-0.15, -0.1) is 11.3 Å². The number of anilines is 1. The van der Waals surface area contributed by atoms with Crippen LogP contribution < -0.4 is 5.32 Å². The summed E-state index contributed by atoms with van der Waals surface area (Å²) in [5.74, 6) is 0.0518. The number of fused-ring (bicyclic) bond motifs is 1. The summed E-state index contributed by atoms with van der Waals surface area (Å²) in [6.45, 7) is 3.49. The number of hydrogen-bond donors (Lipinski definition) is 1. The number of aryl methyl sites for hydroxylation is 1. The van der Waals surface area contributed by atoms with E-state index in [0.29, 0.717) is 6.54 Å². The molecule has 126 valence electrons. The first kappa shape index (κ1) is 15.6. The minimum Gasteiger partial charge on any atom is -0.376 e. The normalized spacial score (nSPS) is 23.2. The molecule has 1 aromatic heterocycles. The number of aromatic nitrogens is 1. The zero-order valence-corrected chi connectivity index (χ0v) is 14.5. The molecule has 2 aliphatic heterocycles. The van der Waals surface area contributed by atoms with Crippen molar-refractivity contribution in [1.29, 1.82) is 0 Å². The van der Waals surface area contributed by atoms with Crippen LogP contribution in [-0.4, -0.2) is 35.0 Å². The third kappa shape index (κ3) is 2.80. The molecule has 24 heavy (non-hydrogen) atoms. The molecule has 0 radical (unpaired) electrons. The lowest BCUT2D eigenvalue weighted by atomic mass is 10.1. The number of nitrogens with zero attached hydrogens (tertiary/aromatic N) is 2. The number of nitrogens with one attached hydrogen (secondary N) is 1. The molecule has 1 fully saturated rings. The van der Waals surface area contributed by atoms with Gasteiger partial charge in [0.1, 0.15) is 6.17 Å². The highest BCUT2D eigenvalue weighted by Crippen LogP contribution is 2.34. The zero-order chi connectivity index (χ0) is 16.5. The lowest BCUT2D eigenvalue weighted by molar-refractivity contribution is 0.0423. The van der Waals surface area contributed by atoms with Crippen LogP contribution in [-0.2, 0) is 11.2 Å². The molecule has 2 aromatic rings. The van der Waals surface area contributed by atoms with Crippen molar-refractivity contribution in [3.63, 3.8) is 0 Å². The van der Waals surface area contributed by atoms with Crippen molar-refractivity contribution in [2.45, 2.75) is 38.5 Å². The third-order valence-electron chi connectivity index (χ3n) is 4.60. The molecule has 0 spiro atoms. The molecule has 3 heterocycles. The molecule has 0 aliphatic carbocycles. The van der Waals surface area contributed by atoms with Crippen molar-refractivity contribution in [2.24, 2.45) is 0 Å². The quantitative estimate of drug-likeness (QED) is 0.924. The number of para-hydroxylation sites is 1. The molecule has 2 aliphatic rings. The van der Waals surface area contributed by atoms with Gasteiger partial charge in [-0.25, -0.2) is 4.98 Å². The minimum absolute atomic E-state index is 0.0518. The molecule has 1 saturated heterocycles. The monoisotopic (exact) mass is 343 g/mol. The van der Waals surface area contributed by atoms with E-state index in [9.17, 15) is 4.79 Å². The SMILES string of the molecule is CCc1nc(C2Nc3ccccc3C(=O)N2CC2CCCO2)cs1. The van der Waals surface area contributed by atoms with Crippen LogP contribution in [0.4, 0.5) is 5.69 Å². The van der Waals surface area contributed by atoms with Crippen molar-refractivity contribution >= 4 is 22.9 Å². The predicted molar refractivity (Wildman–Crippen MR) is 94.3 cm³/mol. The summed E-state index contributed by atoms with van der Waals surface area (Å²) >= 11 is 1.65. The number of carbonyl (C=O) groups is 1. The van der Waals surface area contributed by atoms with Crippen molar-refractivity contribution < 1.29 is 9.53 Å². The van der Waals surface area contributed by atoms with Crippen LogP contribution in [0, 0.1) is 0 Å². The van der Waals surface area contributed by atoms with Gasteiger partial charge in [0, 0.05) is 24.2 Å². The van der Waals surface area contributed by atoms with E-state index >= 15 is 0 Å². The average molecular weight is 343 g/mol. The highest BCUT2D eigenvalue weighted by molar-refractivity contribution is 7.09. The summed E-state index contributed by atoms with van der Waals surface area (Å²) < 4.78 is 5.76. The van der Waals surface area contributed by atoms with Gasteiger partial charge in [0.2, 0.25) is 0 Å². The van der Waals surface area contributed by atoms with Gasteiger partial charge < -0.3 is 15.0 Å². The summed E-state index contributed by atoms with van der Waals surface area (Å²) in [7, 11) is 0. The molecule has 0 saturated carbocycles. The van der Waals surface area contributed by atoms with Gasteiger partial charge in [-0.1, -0.05) is 19.1 Å². The zero-order valence-electron chi connectivity index (χ0n) is 13.7. The van der Waals surface area contributed by atoms with E-state index < -0.39 is 0 Å². The molecule has 0 bridgehead atoms. The van der Waals surface area contributed by atoms with Crippen molar-refractivity contribution in [3.8, 4) is 0 Å². The highest BCUT2D eigenvalue weighted by Gasteiger charge is 2.36. The second-order valence-electron chi connectivity index (χ2n) is 6.20. The Kier molecular flexibility index (Phi) is 4.24. The molecule has 1 amide bonds. The Labute approximate surface area is 145 Å². The Balaban J connectivity index is 1.69. The minimum atomic E-state index is -0.229. The fourth-order valence-corrected chi connectivity index (χ4v) is 4.10. The Morgan fingerprint density at radius 2 is 2.29 bits per heavy atom. The van der Waals surface area contributed by atoms with Crippen LogP contribution in [0.2, 0.25) is 0 Å². The largest absolute Gasteiger partial charge is 0.376 e. The van der Waals surface area contributed by atoms with Crippen LogP contribution in [0.25, 0.3) is 0 Å². The Bertz CT molecular complexity index is 739. The van der Waals surface area contributed by atoms with Crippen molar-refractivity contribution in [1.82, 2.24) is 9.88 Å². The first-order valence-corrected chi connectivity index (χ1v) is 9.36.